The molecule has 0 unspecified atom stereocenters. The number of ether oxygens (including phenoxy) is 1. The van der Waals surface area contributed by atoms with Gasteiger partial charge < -0.3 is 19.9 Å². The first-order chi connectivity index (χ1) is 16.5. The van der Waals surface area contributed by atoms with Crippen molar-refractivity contribution in [1.29, 1.82) is 0 Å². The molecule has 13 heteroatoms. The molecule has 0 atom stereocenters. The van der Waals surface area contributed by atoms with E-state index >= 15 is 0 Å². The molecule has 0 radical (unpaired) electrons. The molecule has 0 saturated carbocycles. The van der Waals surface area contributed by atoms with Crippen LogP contribution in [0.5, 0.6) is 5.75 Å². The summed E-state index contributed by atoms with van der Waals surface area (Å²) in [6.07, 6.45) is 2.30. The van der Waals surface area contributed by atoms with E-state index < -0.39 is 10.8 Å². The molecule has 2 aromatic carbocycles. The van der Waals surface area contributed by atoms with Crippen molar-refractivity contribution in [2.75, 3.05) is 19.7 Å². The minimum atomic E-state index is -0.619. The zero-order valence-corrected chi connectivity index (χ0v) is 17.7. The summed E-state index contributed by atoms with van der Waals surface area (Å²) in [7, 11) is 0. The molecular formula is C21H19N7O6. The first-order valence-electron chi connectivity index (χ1n) is 10.1. The van der Waals surface area contributed by atoms with Gasteiger partial charge in [-0.05, 0) is 11.5 Å². The van der Waals surface area contributed by atoms with Crippen LogP contribution in [0.2, 0.25) is 0 Å². The number of benzene rings is 2. The number of carbonyl (C=O) groups is 2. The Labute approximate surface area is 191 Å². The van der Waals surface area contributed by atoms with Crippen LogP contribution in [-0.4, -0.2) is 56.4 Å². The van der Waals surface area contributed by atoms with Crippen LogP contribution < -0.4 is 15.4 Å². The molecule has 0 aliphatic heterocycles. The van der Waals surface area contributed by atoms with Gasteiger partial charge in [0, 0.05) is 18.5 Å². The van der Waals surface area contributed by atoms with Crippen LogP contribution in [0.15, 0.2) is 59.4 Å². The van der Waals surface area contributed by atoms with Gasteiger partial charge in [-0.1, -0.05) is 41.6 Å². The third-order valence-electron chi connectivity index (χ3n) is 4.64. The van der Waals surface area contributed by atoms with Crippen LogP contribution in [0.1, 0.15) is 16.5 Å². The fourth-order valence-electron chi connectivity index (χ4n) is 3.06. The standard InChI is InChI=1S/C21H19N7O6/c29-19(13-33-17-7-3-5-14-4-1-2-6-16(14)17)22-8-9-23-20(30)21-25-18(26-34-21)12-27-11-15(10-24-27)28(31)32/h1-7,10-11H,8-9,12-13H2,(H,22,29)(H,23,30). The highest BCUT2D eigenvalue weighted by Crippen LogP contribution is 2.24. The van der Waals surface area contributed by atoms with E-state index in [0.717, 1.165) is 17.0 Å². The Morgan fingerprint density at radius 2 is 1.91 bits per heavy atom. The molecule has 0 spiro atoms. The molecule has 2 aromatic heterocycles. The lowest BCUT2D eigenvalue weighted by Crippen LogP contribution is -2.36. The van der Waals surface area contributed by atoms with Crippen LogP contribution in [0.25, 0.3) is 10.8 Å². The van der Waals surface area contributed by atoms with Crippen molar-refractivity contribution < 1.29 is 23.8 Å². The highest BCUT2D eigenvalue weighted by Gasteiger charge is 2.16. The molecule has 34 heavy (non-hydrogen) atoms. The Balaban J connectivity index is 1.18. The summed E-state index contributed by atoms with van der Waals surface area (Å²) in [5, 5.41) is 25.3. The zero-order valence-electron chi connectivity index (χ0n) is 17.7. The average molecular weight is 465 g/mol. The van der Waals surface area contributed by atoms with Crippen LogP contribution in [0, 0.1) is 10.1 Å². The Morgan fingerprint density at radius 3 is 2.74 bits per heavy atom. The first-order valence-corrected chi connectivity index (χ1v) is 10.1. The minimum Gasteiger partial charge on any atom is -0.483 e. The van der Waals surface area contributed by atoms with E-state index in [4.69, 9.17) is 9.26 Å². The van der Waals surface area contributed by atoms with Crippen molar-refractivity contribution in [2.45, 2.75) is 6.54 Å². The summed E-state index contributed by atoms with van der Waals surface area (Å²) in [6.45, 7) is 0.126. The van der Waals surface area contributed by atoms with Crippen LogP contribution in [-0.2, 0) is 11.3 Å². The molecule has 0 saturated heterocycles. The second-order valence-electron chi connectivity index (χ2n) is 7.04. The summed E-state index contributed by atoms with van der Waals surface area (Å²) in [5.74, 6) is -0.496. The molecule has 4 rings (SSSR count). The van der Waals surface area contributed by atoms with E-state index in [1.54, 1.807) is 6.07 Å². The van der Waals surface area contributed by atoms with E-state index in [2.05, 4.69) is 25.9 Å². The number of carbonyl (C=O) groups excluding carboxylic acids is 2. The van der Waals surface area contributed by atoms with Crippen molar-refractivity contribution in [1.82, 2.24) is 30.6 Å². The van der Waals surface area contributed by atoms with Crippen molar-refractivity contribution in [3.8, 4) is 5.75 Å². The molecule has 174 valence electrons. The van der Waals surface area contributed by atoms with Crippen LogP contribution >= 0.6 is 0 Å². The van der Waals surface area contributed by atoms with E-state index in [1.165, 1.54) is 10.9 Å². The highest BCUT2D eigenvalue weighted by atomic mass is 16.6. The normalized spacial score (nSPS) is 10.7. The Morgan fingerprint density at radius 1 is 1.12 bits per heavy atom. The molecule has 0 aliphatic carbocycles. The number of rotatable bonds is 10. The molecule has 2 N–H and O–H groups in total. The summed E-state index contributed by atoms with van der Waals surface area (Å²) >= 11 is 0. The van der Waals surface area contributed by atoms with Crippen molar-refractivity contribution in [2.24, 2.45) is 0 Å². The van der Waals surface area contributed by atoms with E-state index in [9.17, 15) is 19.7 Å². The van der Waals surface area contributed by atoms with Gasteiger partial charge in [-0.25, -0.2) is 0 Å². The van der Waals surface area contributed by atoms with E-state index in [0.29, 0.717) is 5.75 Å². The maximum atomic E-state index is 12.1. The predicted molar refractivity (Wildman–Crippen MR) is 117 cm³/mol. The first kappa shape index (κ1) is 22.4. The van der Waals surface area contributed by atoms with Gasteiger partial charge in [-0.3, -0.25) is 24.4 Å². The van der Waals surface area contributed by atoms with Crippen molar-refractivity contribution >= 4 is 28.3 Å². The van der Waals surface area contributed by atoms with Crippen molar-refractivity contribution in [3.05, 3.63) is 76.7 Å². The molecule has 0 fully saturated rings. The third kappa shape index (κ3) is 5.51. The third-order valence-corrected chi connectivity index (χ3v) is 4.64. The molecule has 2 amide bonds. The predicted octanol–water partition coefficient (Wildman–Crippen LogP) is 1.30. The van der Waals surface area contributed by atoms with Gasteiger partial charge >= 0.3 is 17.5 Å². The lowest BCUT2D eigenvalue weighted by molar-refractivity contribution is -0.385. The van der Waals surface area contributed by atoms with Gasteiger partial charge in [0.2, 0.25) is 0 Å². The van der Waals surface area contributed by atoms with Crippen molar-refractivity contribution in [3.63, 3.8) is 0 Å². The zero-order chi connectivity index (χ0) is 23.9. The Kier molecular flexibility index (Phi) is 6.72. The largest absolute Gasteiger partial charge is 0.483 e. The molecule has 4 aromatic rings. The number of hydrogen-bond acceptors (Lipinski definition) is 9. The van der Waals surface area contributed by atoms with E-state index in [1.807, 2.05) is 36.4 Å². The number of aromatic nitrogens is 4. The van der Waals surface area contributed by atoms with Crippen LogP contribution in [0.3, 0.4) is 0 Å². The fraction of sp³-hybridized carbons (Fsp3) is 0.190. The number of hydrogen-bond donors (Lipinski definition) is 2. The maximum Gasteiger partial charge on any atom is 0.316 e. The maximum absolute atomic E-state index is 12.1. The van der Waals surface area contributed by atoms with Crippen LogP contribution in [0.4, 0.5) is 5.69 Å². The van der Waals surface area contributed by atoms with Gasteiger partial charge in [0.1, 0.15) is 24.7 Å². The second-order valence-corrected chi connectivity index (χ2v) is 7.04. The number of nitrogens with zero attached hydrogens (tertiary/aromatic N) is 5. The van der Waals surface area contributed by atoms with Gasteiger partial charge in [0.15, 0.2) is 12.4 Å². The summed E-state index contributed by atoms with van der Waals surface area (Å²) in [6, 6.07) is 13.3. The van der Waals surface area contributed by atoms with Gasteiger partial charge in [-0.15, -0.1) is 0 Å². The molecule has 2 heterocycles. The summed E-state index contributed by atoms with van der Waals surface area (Å²) in [5.41, 5.74) is -0.175. The second kappa shape index (κ2) is 10.2. The molecule has 0 bridgehead atoms. The van der Waals surface area contributed by atoms with Gasteiger partial charge in [0.25, 0.3) is 5.91 Å². The highest BCUT2D eigenvalue weighted by molar-refractivity contribution is 5.89. The number of nitro groups is 1. The van der Waals surface area contributed by atoms with E-state index in [-0.39, 0.29) is 49.6 Å². The van der Waals surface area contributed by atoms with Gasteiger partial charge in [-0.2, -0.15) is 10.1 Å². The number of amides is 2. The molecule has 13 nitrogen and oxygen atoms in total. The van der Waals surface area contributed by atoms with Gasteiger partial charge in [0.05, 0.1) is 4.92 Å². The Hall–Kier alpha value is -4.81. The summed E-state index contributed by atoms with van der Waals surface area (Å²) in [4.78, 5) is 38.2. The average Bonchev–Trinajstić information content (AvgIpc) is 3.51. The molecule has 0 aliphatic rings. The minimum absolute atomic E-state index is 0.00260. The topological polar surface area (TPSA) is 167 Å². The Bertz CT molecular complexity index is 1330. The lowest BCUT2D eigenvalue weighted by Gasteiger charge is -2.10. The number of nitrogens with one attached hydrogen (secondary N) is 2. The number of fused-ring (bicyclic) bond motifs is 1. The lowest BCUT2D eigenvalue weighted by atomic mass is 10.1. The fourth-order valence-corrected chi connectivity index (χ4v) is 3.06. The summed E-state index contributed by atoms with van der Waals surface area (Å²) < 4.78 is 11.8. The molecular weight excluding hydrogens is 446 g/mol. The monoisotopic (exact) mass is 465 g/mol. The SMILES string of the molecule is O=C(COc1cccc2ccccc12)NCCNC(=O)c1nc(Cn2cc([N+](=O)[O-])cn2)no1. The quantitative estimate of drug-likeness (QED) is 0.199. The smallest absolute Gasteiger partial charge is 0.316 e.